The minimum absolute atomic E-state index is 0.0306. The van der Waals surface area contributed by atoms with Gasteiger partial charge in [-0.15, -0.1) is 0 Å². The summed E-state index contributed by atoms with van der Waals surface area (Å²) in [6.45, 7) is 4.69. The average molecular weight is 468 g/mol. The lowest BCUT2D eigenvalue weighted by molar-refractivity contribution is 0.0746. The van der Waals surface area contributed by atoms with Gasteiger partial charge in [-0.2, -0.15) is 5.10 Å². The molecule has 5 rings (SSSR count). The molecule has 0 aliphatic carbocycles. The normalized spacial score (nSPS) is 14.8. The van der Waals surface area contributed by atoms with Crippen molar-refractivity contribution in [3.05, 3.63) is 100 Å². The Morgan fingerprint density at radius 2 is 1.54 bits per heavy atom. The predicted octanol–water partition coefficient (Wildman–Crippen LogP) is 5.50. The molecule has 1 aliphatic rings. The molecule has 0 saturated heterocycles. The number of ether oxygens (including phenoxy) is 2. The average Bonchev–Trinajstić information content (AvgIpc) is 3.42. The van der Waals surface area contributed by atoms with Crippen molar-refractivity contribution in [3.63, 3.8) is 0 Å². The molecule has 1 aromatic heterocycles. The van der Waals surface area contributed by atoms with Gasteiger partial charge in [0.05, 0.1) is 26.0 Å². The van der Waals surface area contributed by atoms with Gasteiger partial charge < -0.3 is 14.4 Å². The molecule has 6 nitrogen and oxygen atoms in total. The van der Waals surface area contributed by atoms with Gasteiger partial charge in [0.1, 0.15) is 5.69 Å². The summed E-state index contributed by atoms with van der Waals surface area (Å²) < 4.78 is 10.8. The van der Waals surface area contributed by atoms with Crippen molar-refractivity contribution in [2.75, 3.05) is 20.8 Å². The summed E-state index contributed by atoms with van der Waals surface area (Å²) in [5.74, 6) is 1.34. The lowest BCUT2D eigenvalue weighted by atomic mass is 9.95. The Labute approximate surface area is 205 Å². The zero-order valence-electron chi connectivity index (χ0n) is 20.5. The number of nitrogens with one attached hydrogen (secondary N) is 1. The summed E-state index contributed by atoms with van der Waals surface area (Å²) in [5, 5.41) is 7.62. The number of hydrogen-bond donors (Lipinski definition) is 1. The van der Waals surface area contributed by atoms with E-state index in [-0.39, 0.29) is 11.9 Å². The first kappa shape index (κ1) is 22.7. The van der Waals surface area contributed by atoms with Gasteiger partial charge in [-0.3, -0.25) is 9.89 Å². The fraction of sp³-hybridized carbons (Fsp3) is 0.241. The van der Waals surface area contributed by atoms with E-state index in [1.807, 2.05) is 23.1 Å². The van der Waals surface area contributed by atoms with Crippen LogP contribution in [0.2, 0.25) is 0 Å². The van der Waals surface area contributed by atoms with Crippen molar-refractivity contribution in [2.45, 2.75) is 26.3 Å². The van der Waals surface area contributed by atoms with Crippen molar-refractivity contribution in [3.8, 4) is 22.8 Å². The van der Waals surface area contributed by atoms with E-state index in [1.165, 1.54) is 11.1 Å². The molecule has 1 amide bonds. The monoisotopic (exact) mass is 467 g/mol. The Bertz CT molecular complexity index is 1360. The first-order chi connectivity index (χ1) is 17.0. The van der Waals surface area contributed by atoms with E-state index >= 15 is 0 Å². The van der Waals surface area contributed by atoms with Crippen molar-refractivity contribution >= 4 is 5.91 Å². The number of aromatic nitrogens is 2. The third kappa shape index (κ3) is 4.16. The van der Waals surface area contributed by atoms with Gasteiger partial charge in [-0.1, -0.05) is 65.7 Å². The van der Waals surface area contributed by atoms with Crippen LogP contribution in [0.5, 0.6) is 11.5 Å². The number of methoxy groups -OCH3 is 2. The quantitative estimate of drug-likeness (QED) is 0.390. The summed E-state index contributed by atoms with van der Waals surface area (Å²) in [6.07, 6.45) is 0.687. The van der Waals surface area contributed by atoms with Crippen LogP contribution >= 0.6 is 0 Å². The number of H-pyrrole nitrogens is 1. The standard InChI is InChI=1S/C29H29N3O3/c1-18-5-10-21(11-6-18)26-25-27(31-30-26)29(33)32(28(25)22-12-7-19(2)8-13-22)16-15-20-9-14-23(34-3)24(17-20)35-4/h5-14,17,28H,15-16H2,1-4H3,(H,30,31). The highest BCUT2D eigenvalue weighted by Gasteiger charge is 2.41. The Hall–Kier alpha value is -4.06. The molecule has 0 fully saturated rings. The Balaban J connectivity index is 1.52. The maximum absolute atomic E-state index is 13.6. The minimum atomic E-state index is -0.215. The van der Waals surface area contributed by atoms with Crippen LogP contribution in [0.4, 0.5) is 0 Å². The van der Waals surface area contributed by atoms with Crippen molar-refractivity contribution < 1.29 is 14.3 Å². The van der Waals surface area contributed by atoms with Gasteiger partial charge in [0, 0.05) is 17.7 Å². The second-order valence-corrected chi connectivity index (χ2v) is 8.98. The lowest BCUT2D eigenvalue weighted by Crippen LogP contribution is -2.31. The number of rotatable bonds is 7. The third-order valence-electron chi connectivity index (χ3n) is 6.67. The van der Waals surface area contributed by atoms with Gasteiger partial charge in [0.25, 0.3) is 5.91 Å². The van der Waals surface area contributed by atoms with E-state index < -0.39 is 0 Å². The van der Waals surface area contributed by atoms with Gasteiger partial charge in [-0.25, -0.2) is 0 Å². The lowest BCUT2D eigenvalue weighted by Gasteiger charge is -2.26. The molecule has 1 unspecified atom stereocenters. The van der Waals surface area contributed by atoms with E-state index in [2.05, 4.69) is 72.6 Å². The van der Waals surface area contributed by atoms with E-state index in [1.54, 1.807) is 14.2 Å². The number of benzene rings is 3. The third-order valence-corrected chi connectivity index (χ3v) is 6.67. The highest BCUT2D eigenvalue weighted by atomic mass is 16.5. The molecule has 178 valence electrons. The fourth-order valence-corrected chi connectivity index (χ4v) is 4.74. The van der Waals surface area contributed by atoms with Crippen LogP contribution in [0.15, 0.2) is 66.7 Å². The number of carbonyl (C=O) groups excluding carboxylic acids is 1. The zero-order valence-corrected chi connectivity index (χ0v) is 20.5. The minimum Gasteiger partial charge on any atom is -0.493 e. The predicted molar refractivity (Wildman–Crippen MR) is 136 cm³/mol. The zero-order chi connectivity index (χ0) is 24.5. The second kappa shape index (κ2) is 9.29. The summed E-state index contributed by atoms with van der Waals surface area (Å²) in [5.41, 5.74) is 7.85. The fourth-order valence-electron chi connectivity index (χ4n) is 4.74. The van der Waals surface area contributed by atoms with Crippen molar-refractivity contribution in [1.82, 2.24) is 15.1 Å². The highest BCUT2D eigenvalue weighted by Crippen LogP contribution is 2.43. The number of carbonyl (C=O) groups is 1. The van der Waals surface area contributed by atoms with Gasteiger partial charge >= 0.3 is 0 Å². The molecule has 3 aromatic carbocycles. The first-order valence-corrected chi connectivity index (χ1v) is 11.7. The number of aryl methyl sites for hydroxylation is 2. The molecule has 1 atom stereocenters. The van der Waals surface area contributed by atoms with Crippen LogP contribution in [-0.4, -0.2) is 41.8 Å². The van der Waals surface area contributed by atoms with Gasteiger partial charge in [-0.05, 0) is 43.5 Å². The summed E-state index contributed by atoms with van der Waals surface area (Å²) in [4.78, 5) is 15.5. The molecule has 35 heavy (non-hydrogen) atoms. The summed E-state index contributed by atoms with van der Waals surface area (Å²) >= 11 is 0. The maximum Gasteiger partial charge on any atom is 0.273 e. The largest absolute Gasteiger partial charge is 0.493 e. The molecule has 6 heteroatoms. The summed E-state index contributed by atoms with van der Waals surface area (Å²) in [6, 6.07) is 22.4. The van der Waals surface area contributed by atoms with E-state index in [9.17, 15) is 4.79 Å². The van der Waals surface area contributed by atoms with E-state index in [4.69, 9.17) is 9.47 Å². The Morgan fingerprint density at radius 3 is 2.20 bits per heavy atom. The van der Waals surface area contributed by atoms with Crippen LogP contribution in [0.25, 0.3) is 11.3 Å². The molecule has 0 bridgehead atoms. The molecule has 4 aromatic rings. The topological polar surface area (TPSA) is 67.5 Å². The number of fused-ring (bicyclic) bond motifs is 1. The molecule has 2 heterocycles. The molecule has 1 N–H and O–H groups in total. The smallest absolute Gasteiger partial charge is 0.273 e. The van der Waals surface area contributed by atoms with Crippen molar-refractivity contribution in [2.24, 2.45) is 0 Å². The number of aromatic amines is 1. The Kier molecular flexibility index (Phi) is 6.03. The van der Waals surface area contributed by atoms with Crippen LogP contribution in [-0.2, 0) is 6.42 Å². The molecular weight excluding hydrogens is 438 g/mol. The number of amides is 1. The molecule has 0 saturated carbocycles. The first-order valence-electron chi connectivity index (χ1n) is 11.7. The van der Waals surface area contributed by atoms with Crippen LogP contribution in [0.1, 0.15) is 44.3 Å². The van der Waals surface area contributed by atoms with Crippen molar-refractivity contribution in [1.29, 1.82) is 0 Å². The van der Waals surface area contributed by atoms with Crippen LogP contribution in [0.3, 0.4) is 0 Å². The Morgan fingerprint density at radius 1 is 0.886 bits per heavy atom. The van der Waals surface area contributed by atoms with Gasteiger partial charge in [0.2, 0.25) is 0 Å². The molecule has 0 radical (unpaired) electrons. The SMILES string of the molecule is COc1ccc(CCN2C(=O)c3[nH]nc(-c4ccc(C)cc4)c3C2c2ccc(C)cc2)cc1OC. The second-order valence-electron chi connectivity index (χ2n) is 8.98. The van der Waals surface area contributed by atoms with E-state index in [0.29, 0.717) is 30.2 Å². The molecular formula is C29H29N3O3. The number of hydrogen-bond acceptors (Lipinski definition) is 4. The summed E-state index contributed by atoms with van der Waals surface area (Å²) in [7, 11) is 3.26. The molecule has 0 spiro atoms. The van der Waals surface area contributed by atoms with Crippen LogP contribution in [0, 0.1) is 13.8 Å². The molecule has 1 aliphatic heterocycles. The van der Waals surface area contributed by atoms with Gasteiger partial charge in [0.15, 0.2) is 11.5 Å². The maximum atomic E-state index is 13.6. The van der Waals surface area contributed by atoms with Crippen LogP contribution < -0.4 is 9.47 Å². The number of nitrogens with zero attached hydrogens (tertiary/aromatic N) is 2. The highest BCUT2D eigenvalue weighted by molar-refractivity contribution is 6.00. The van der Waals surface area contributed by atoms with E-state index in [0.717, 1.165) is 27.9 Å².